The number of hydrogen-bond acceptors (Lipinski definition) is 2. The summed E-state index contributed by atoms with van der Waals surface area (Å²) >= 11 is 0. The number of benzene rings is 1. The highest BCUT2D eigenvalue weighted by atomic mass is 19.1. The van der Waals surface area contributed by atoms with Crippen molar-refractivity contribution in [2.24, 2.45) is 5.92 Å². The fourth-order valence-electron chi connectivity index (χ4n) is 1.43. The fourth-order valence-corrected chi connectivity index (χ4v) is 1.43. The molecule has 0 radical (unpaired) electrons. The van der Waals surface area contributed by atoms with E-state index in [2.05, 4.69) is 13.8 Å². The van der Waals surface area contributed by atoms with Gasteiger partial charge >= 0.3 is 0 Å². The lowest BCUT2D eigenvalue weighted by molar-refractivity contribution is 0.111. The van der Waals surface area contributed by atoms with Gasteiger partial charge in [-0.15, -0.1) is 0 Å². The van der Waals surface area contributed by atoms with Crippen LogP contribution in [0.25, 0.3) is 0 Å². The van der Waals surface area contributed by atoms with E-state index in [-0.39, 0.29) is 5.56 Å². The molecular weight excluding hydrogens is 207 g/mol. The first-order chi connectivity index (χ1) is 7.65. The van der Waals surface area contributed by atoms with Gasteiger partial charge in [-0.05, 0) is 30.9 Å². The summed E-state index contributed by atoms with van der Waals surface area (Å²) in [4.78, 5) is 10.7. The predicted molar refractivity (Wildman–Crippen MR) is 61.4 cm³/mol. The Kier molecular flexibility index (Phi) is 4.96. The maximum Gasteiger partial charge on any atom is 0.156 e. The molecule has 0 aliphatic rings. The van der Waals surface area contributed by atoms with Crippen molar-refractivity contribution in [2.45, 2.75) is 26.7 Å². The molecule has 0 aliphatic heterocycles. The lowest BCUT2D eigenvalue weighted by Crippen LogP contribution is -2.02. The molecule has 0 heterocycles. The van der Waals surface area contributed by atoms with Gasteiger partial charge in [0.05, 0.1) is 12.2 Å². The first-order valence-electron chi connectivity index (χ1n) is 5.51. The van der Waals surface area contributed by atoms with Crippen LogP contribution in [0.15, 0.2) is 18.2 Å². The molecule has 0 fully saturated rings. The Morgan fingerprint density at radius 2 is 2.19 bits per heavy atom. The third kappa shape index (κ3) is 3.65. The Labute approximate surface area is 95.4 Å². The molecule has 1 rings (SSSR count). The van der Waals surface area contributed by atoms with E-state index in [9.17, 15) is 9.18 Å². The molecule has 1 aromatic carbocycles. The maximum absolute atomic E-state index is 13.2. The van der Waals surface area contributed by atoms with Crippen LogP contribution >= 0.6 is 0 Å². The van der Waals surface area contributed by atoms with E-state index >= 15 is 0 Å². The van der Waals surface area contributed by atoms with Crippen molar-refractivity contribution in [3.63, 3.8) is 0 Å². The quantitative estimate of drug-likeness (QED) is 0.546. The second-order valence-electron chi connectivity index (χ2n) is 4.15. The Bertz CT molecular complexity index is 348. The number of rotatable bonds is 6. The summed E-state index contributed by atoms with van der Waals surface area (Å²) in [5.74, 6) is 0.428. The maximum atomic E-state index is 13.2. The molecule has 0 saturated carbocycles. The second kappa shape index (κ2) is 6.26. The minimum Gasteiger partial charge on any atom is -0.493 e. The zero-order valence-corrected chi connectivity index (χ0v) is 9.70. The van der Waals surface area contributed by atoms with Crippen LogP contribution in [0.4, 0.5) is 4.39 Å². The van der Waals surface area contributed by atoms with E-state index in [0.717, 1.165) is 12.8 Å². The zero-order chi connectivity index (χ0) is 12.0. The van der Waals surface area contributed by atoms with Gasteiger partial charge in [-0.25, -0.2) is 4.39 Å². The molecule has 3 heteroatoms. The van der Waals surface area contributed by atoms with Gasteiger partial charge < -0.3 is 4.74 Å². The number of hydrogen-bond donors (Lipinski definition) is 0. The third-order valence-corrected chi connectivity index (χ3v) is 2.31. The van der Waals surface area contributed by atoms with Crippen LogP contribution < -0.4 is 4.74 Å². The Hall–Kier alpha value is -1.38. The number of halogens is 1. The van der Waals surface area contributed by atoms with E-state index < -0.39 is 5.82 Å². The lowest BCUT2D eigenvalue weighted by Gasteiger charge is -2.09. The molecule has 0 saturated heterocycles. The highest BCUT2D eigenvalue weighted by molar-refractivity contribution is 5.79. The minimum absolute atomic E-state index is 0.00652. The molecule has 0 spiro atoms. The molecule has 2 nitrogen and oxygen atoms in total. The standard InChI is InChI=1S/C13H17FO2/c1-10(2)5-4-8-16-13-7-3-6-12(14)11(13)9-15/h3,6-7,9-10H,4-5,8H2,1-2H3. The number of aldehydes is 1. The largest absolute Gasteiger partial charge is 0.493 e. The monoisotopic (exact) mass is 224 g/mol. The summed E-state index contributed by atoms with van der Waals surface area (Å²) in [6, 6.07) is 4.41. The van der Waals surface area contributed by atoms with Gasteiger partial charge in [-0.1, -0.05) is 19.9 Å². The number of carbonyl (C=O) groups is 1. The van der Waals surface area contributed by atoms with Gasteiger partial charge in [0.15, 0.2) is 6.29 Å². The lowest BCUT2D eigenvalue weighted by atomic mass is 10.1. The normalized spacial score (nSPS) is 10.5. The molecular formula is C13H17FO2. The van der Waals surface area contributed by atoms with Crippen molar-refractivity contribution in [1.82, 2.24) is 0 Å². The van der Waals surface area contributed by atoms with Crippen molar-refractivity contribution >= 4 is 6.29 Å². The van der Waals surface area contributed by atoms with Crippen molar-refractivity contribution in [1.29, 1.82) is 0 Å². The summed E-state index contributed by atoms with van der Waals surface area (Å²) in [5.41, 5.74) is 0.00652. The van der Waals surface area contributed by atoms with Crippen molar-refractivity contribution in [2.75, 3.05) is 6.61 Å². The van der Waals surface area contributed by atoms with Crippen LogP contribution in [0.3, 0.4) is 0 Å². The van der Waals surface area contributed by atoms with E-state index in [1.807, 2.05) is 0 Å². The SMILES string of the molecule is CC(C)CCCOc1cccc(F)c1C=O. The van der Waals surface area contributed by atoms with Gasteiger partial charge in [0.25, 0.3) is 0 Å². The third-order valence-electron chi connectivity index (χ3n) is 2.31. The zero-order valence-electron chi connectivity index (χ0n) is 9.70. The summed E-state index contributed by atoms with van der Waals surface area (Å²) in [6.45, 7) is 4.79. The van der Waals surface area contributed by atoms with E-state index in [1.165, 1.54) is 6.07 Å². The molecule has 0 unspecified atom stereocenters. The fraction of sp³-hybridized carbons (Fsp3) is 0.462. The average Bonchev–Trinajstić information content (AvgIpc) is 2.24. The molecule has 0 aromatic heterocycles. The van der Waals surface area contributed by atoms with Crippen LogP contribution in [0.5, 0.6) is 5.75 Å². The van der Waals surface area contributed by atoms with Crippen molar-refractivity contribution in [3.05, 3.63) is 29.6 Å². The van der Waals surface area contributed by atoms with Gasteiger partial charge in [0.1, 0.15) is 11.6 Å². The van der Waals surface area contributed by atoms with Gasteiger partial charge in [-0.3, -0.25) is 4.79 Å². The first kappa shape index (κ1) is 12.7. The number of carbonyl (C=O) groups excluding carboxylic acids is 1. The predicted octanol–water partition coefficient (Wildman–Crippen LogP) is 3.45. The smallest absolute Gasteiger partial charge is 0.156 e. The molecule has 88 valence electrons. The van der Waals surface area contributed by atoms with Crippen LogP contribution in [0.1, 0.15) is 37.0 Å². The number of ether oxygens (including phenoxy) is 1. The first-order valence-corrected chi connectivity index (χ1v) is 5.51. The van der Waals surface area contributed by atoms with Crippen molar-refractivity contribution < 1.29 is 13.9 Å². The van der Waals surface area contributed by atoms with E-state index in [0.29, 0.717) is 24.6 Å². The minimum atomic E-state index is -0.531. The Morgan fingerprint density at radius 1 is 1.44 bits per heavy atom. The van der Waals surface area contributed by atoms with Crippen LogP contribution in [0, 0.1) is 11.7 Å². The Morgan fingerprint density at radius 3 is 2.81 bits per heavy atom. The van der Waals surface area contributed by atoms with Gasteiger partial charge in [-0.2, -0.15) is 0 Å². The van der Waals surface area contributed by atoms with E-state index in [1.54, 1.807) is 12.1 Å². The average molecular weight is 224 g/mol. The summed E-state index contributed by atoms with van der Waals surface area (Å²) < 4.78 is 18.6. The highest BCUT2D eigenvalue weighted by Crippen LogP contribution is 2.19. The summed E-state index contributed by atoms with van der Waals surface area (Å²) in [5, 5.41) is 0. The van der Waals surface area contributed by atoms with Gasteiger partial charge in [0, 0.05) is 0 Å². The van der Waals surface area contributed by atoms with E-state index in [4.69, 9.17) is 4.74 Å². The molecule has 16 heavy (non-hydrogen) atoms. The molecule has 0 amide bonds. The second-order valence-corrected chi connectivity index (χ2v) is 4.15. The topological polar surface area (TPSA) is 26.3 Å². The van der Waals surface area contributed by atoms with Crippen LogP contribution in [-0.4, -0.2) is 12.9 Å². The molecule has 0 aliphatic carbocycles. The summed E-state index contributed by atoms with van der Waals surface area (Å²) in [7, 11) is 0. The van der Waals surface area contributed by atoms with Crippen LogP contribution in [-0.2, 0) is 0 Å². The van der Waals surface area contributed by atoms with Crippen LogP contribution in [0.2, 0.25) is 0 Å². The summed E-state index contributed by atoms with van der Waals surface area (Å²) in [6.07, 6.45) is 2.46. The van der Waals surface area contributed by atoms with Gasteiger partial charge in [0.2, 0.25) is 0 Å². The molecule has 0 bridgehead atoms. The Balaban J connectivity index is 2.53. The molecule has 0 N–H and O–H groups in total. The molecule has 0 atom stereocenters. The highest BCUT2D eigenvalue weighted by Gasteiger charge is 2.08. The molecule has 1 aromatic rings. The van der Waals surface area contributed by atoms with Crippen molar-refractivity contribution in [3.8, 4) is 5.75 Å².